The van der Waals surface area contributed by atoms with Gasteiger partial charge in [0.2, 0.25) is 0 Å². The summed E-state index contributed by atoms with van der Waals surface area (Å²) in [5, 5.41) is 0. The molecule has 0 aromatic rings. The van der Waals surface area contributed by atoms with Crippen LogP contribution in [0.15, 0.2) is 12.7 Å². The Morgan fingerprint density at radius 2 is 0.458 bits per heavy atom. The van der Waals surface area contributed by atoms with E-state index < -0.39 is 0 Å². The summed E-state index contributed by atoms with van der Waals surface area (Å²) in [6.45, 7) is 19.2. The van der Waals surface area contributed by atoms with Gasteiger partial charge in [-0.2, -0.15) is 0 Å². The Labute approximate surface area is 288 Å². The lowest BCUT2D eigenvalue weighted by Crippen LogP contribution is -2.15. The van der Waals surface area contributed by atoms with Gasteiger partial charge >= 0.3 is 0 Å². The summed E-state index contributed by atoms with van der Waals surface area (Å²) in [6, 6.07) is 0. The van der Waals surface area contributed by atoms with Gasteiger partial charge in [0.25, 0.3) is 0 Å². The summed E-state index contributed by atoms with van der Waals surface area (Å²) in [5.41, 5.74) is 0. The van der Waals surface area contributed by atoms with E-state index in [0.717, 1.165) is 6.42 Å². The molecule has 0 amide bonds. The zero-order valence-corrected chi connectivity index (χ0v) is 29.6. The predicted octanol–water partition coefficient (Wildman–Crippen LogP) is 1.44. The lowest BCUT2D eigenvalue weighted by molar-refractivity contribution is -0.0294. The highest BCUT2D eigenvalue weighted by Crippen LogP contribution is 1.89. The average molecular weight is 703 g/mol. The van der Waals surface area contributed by atoms with Crippen LogP contribution >= 0.6 is 0 Å². The highest BCUT2D eigenvalue weighted by atomic mass is 16.6. The lowest BCUT2D eigenvalue weighted by atomic mass is 10.5. The fraction of sp³-hybridized carbons (Fsp3) is 0.939. The Balaban J connectivity index is 3.04. The molecule has 0 aliphatic carbocycles. The minimum Gasteiger partial charge on any atom is -0.382 e. The van der Waals surface area contributed by atoms with Crippen molar-refractivity contribution in [2.75, 3.05) is 199 Å². The van der Waals surface area contributed by atoms with Crippen molar-refractivity contribution in [3.05, 3.63) is 12.7 Å². The molecule has 0 heterocycles. The van der Waals surface area contributed by atoms with Crippen LogP contribution in [0.3, 0.4) is 0 Å². The molecule has 0 atom stereocenters. The highest BCUT2D eigenvalue weighted by molar-refractivity contribution is 4.63. The Morgan fingerprint density at radius 1 is 0.271 bits per heavy atom. The first kappa shape index (κ1) is 47.1. The van der Waals surface area contributed by atoms with Crippen LogP contribution in [0.4, 0.5) is 0 Å². The zero-order chi connectivity index (χ0) is 34.5. The smallest absolute Gasteiger partial charge is 0.0701 e. The largest absolute Gasteiger partial charge is 0.382 e. The summed E-state index contributed by atoms with van der Waals surface area (Å²) in [4.78, 5) is 0. The van der Waals surface area contributed by atoms with Gasteiger partial charge < -0.3 is 71.1 Å². The van der Waals surface area contributed by atoms with Crippen molar-refractivity contribution in [1.82, 2.24) is 0 Å². The Hall–Kier alpha value is -0.860. The number of rotatable bonds is 45. The van der Waals surface area contributed by atoms with Gasteiger partial charge in [-0.15, -0.1) is 6.58 Å². The van der Waals surface area contributed by atoms with E-state index in [-0.39, 0.29) is 0 Å². The molecule has 0 aliphatic rings. The van der Waals surface area contributed by atoms with Crippen molar-refractivity contribution in [2.45, 2.75) is 6.42 Å². The number of hydrogen-bond acceptors (Lipinski definition) is 15. The van der Waals surface area contributed by atoms with Gasteiger partial charge in [0.05, 0.1) is 178 Å². The Bertz CT molecular complexity index is 577. The maximum atomic E-state index is 5.49. The van der Waals surface area contributed by atoms with Crippen LogP contribution in [0.1, 0.15) is 6.42 Å². The quantitative estimate of drug-likeness (QED) is 0.0668. The molecule has 0 bridgehead atoms. The molecular formula is C33H66O15. The number of methoxy groups -OCH3 is 1. The third-order valence-corrected chi connectivity index (χ3v) is 5.71. The van der Waals surface area contributed by atoms with E-state index in [1.807, 2.05) is 0 Å². The SMILES string of the molecule is C=CCOCCCOCCOCCOCCOCCOCCOCCOCCOCCOCCOCCOCCOCCOCCOC. The summed E-state index contributed by atoms with van der Waals surface area (Å²) < 4.78 is 81.0. The van der Waals surface area contributed by atoms with E-state index in [1.54, 1.807) is 13.2 Å². The molecular weight excluding hydrogens is 636 g/mol. The van der Waals surface area contributed by atoms with Crippen LogP contribution in [-0.2, 0) is 71.1 Å². The van der Waals surface area contributed by atoms with Crippen molar-refractivity contribution in [2.24, 2.45) is 0 Å². The van der Waals surface area contributed by atoms with E-state index in [2.05, 4.69) is 6.58 Å². The van der Waals surface area contributed by atoms with Crippen LogP contribution < -0.4 is 0 Å². The zero-order valence-electron chi connectivity index (χ0n) is 29.6. The normalized spacial score (nSPS) is 11.5. The van der Waals surface area contributed by atoms with E-state index in [0.29, 0.717) is 192 Å². The van der Waals surface area contributed by atoms with Gasteiger partial charge in [-0.1, -0.05) is 6.08 Å². The molecule has 0 spiro atoms. The van der Waals surface area contributed by atoms with Gasteiger partial charge in [0, 0.05) is 20.3 Å². The fourth-order valence-corrected chi connectivity index (χ4v) is 3.31. The highest BCUT2D eigenvalue weighted by Gasteiger charge is 1.97. The minimum atomic E-state index is 0.507. The molecule has 288 valence electrons. The van der Waals surface area contributed by atoms with Crippen LogP contribution in [0.5, 0.6) is 0 Å². The molecule has 0 N–H and O–H groups in total. The summed E-state index contributed by atoms with van der Waals surface area (Å²) in [5.74, 6) is 0. The number of hydrogen-bond donors (Lipinski definition) is 0. The van der Waals surface area contributed by atoms with Crippen molar-refractivity contribution < 1.29 is 71.1 Å². The second-order valence-electron chi connectivity index (χ2n) is 9.67. The molecule has 0 aromatic heterocycles. The topological polar surface area (TPSA) is 138 Å². The minimum absolute atomic E-state index is 0.507. The van der Waals surface area contributed by atoms with Crippen LogP contribution in [-0.4, -0.2) is 199 Å². The predicted molar refractivity (Wildman–Crippen MR) is 178 cm³/mol. The lowest BCUT2D eigenvalue weighted by Gasteiger charge is -2.09. The molecule has 0 fully saturated rings. The monoisotopic (exact) mass is 702 g/mol. The molecule has 0 saturated carbocycles. The average Bonchev–Trinajstić information content (AvgIpc) is 3.10. The fourth-order valence-electron chi connectivity index (χ4n) is 3.31. The van der Waals surface area contributed by atoms with Gasteiger partial charge in [-0.25, -0.2) is 0 Å². The maximum Gasteiger partial charge on any atom is 0.0701 e. The van der Waals surface area contributed by atoms with Crippen LogP contribution in [0.2, 0.25) is 0 Å². The van der Waals surface area contributed by atoms with Crippen molar-refractivity contribution >= 4 is 0 Å². The second-order valence-corrected chi connectivity index (χ2v) is 9.67. The maximum absolute atomic E-state index is 5.49. The third kappa shape index (κ3) is 45.1. The van der Waals surface area contributed by atoms with E-state index >= 15 is 0 Å². The number of ether oxygens (including phenoxy) is 15. The van der Waals surface area contributed by atoms with Crippen LogP contribution in [0, 0.1) is 0 Å². The van der Waals surface area contributed by atoms with E-state index in [4.69, 9.17) is 71.1 Å². The molecule has 0 aliphatic heterocycles. The van der Waals surface area contributed by atoms with Gasteiger partial charge in [0.15, 0.2) is 0 Å². The van der Waals surface area contributed by atoms with Gasteiger partial charge in [-0.05, 0) is 6.42 Å². The van der Waals surface area contributed by atoms with E-state index in [9.17, 15) is 0 Å². The molecule has 0 radical (unpaired) electrons. The summed E-state index contributed by atoms with van der Waals surface area (Å²) in [7, 11) is 1.65. The standard InChI is InChI=1S/C33H66O15/c1-3-5-35-6-4-7-36-10-11-38-14-15-40-18-19-42-22-23-44-26-27-46-30-31-48-33-32-47-29-28-45-25-24-43-21-20-41-17-16-39-13-12-37-9-8-34-2/h3H,1,4-33H2,2H3. The molecule has 15 heteroatoms. The van der Waals surface area contributed by atoms with Crippen molar-refractivity contribution in [3.63, 3.8) is 0 Å². The first-order valence-corrected chi connectivity index (χ1v) is 17.1. The molecule has 0 unspecified atom stereocenters. The molecule has 0 aromatic carbocycles. The third-order valence-electron chi connectivity index (χ3n) is 5.71. The molecule has 0 rings (SSSR count). The molecule has 48 heavy (non-hydrogen) atoms. The van der Waals surface area contributed by atoms with Crippen LogP contribution in [0.25, 0.3) is 0 Å². The molecule has 15 nitrogen and oxygen atoms in total. The van der Waals surface area contributed by atoms with Crippen molar-refractivity contribution in [3.8, 4) is 0 Å². The first-order chi connectivity index (χ1) is 23.9. The van der Waals surface area contributed by atoms with Gasteiger partial charge in [0.1, 0.15) is 0 Å². The first-order valence-electron chi connectivity index (χ1n) is 17.1. The summed E-state index contributed by atoms with van der Waals surface area (Å²) in [6.07, 6.45) is 2.60. The summed E-state index contributed by atoms with van der Waals surface area (Å²) >= 11 is 0. The molecule has 0 saturated heterocycles. The van der Waals surface area contributed by atoms with Crippen molar-refractivity contribution in [1.29, 1.82) is 0 Å². The van der Waals surface area contributed by atoms with E-state index in [1.165, 1.54) is 0 Å². The Kier molecular flexibility index (Phi) is 45.3. The Morgan fingerprint density at radius 3 is 0.667 bits per heavy atom. The van der Waals surface area contributed by atoms with Gasteiger partial charge in [-0.3, -0.25) is 0 Å². The second kappa shape index (κ2) is 46.1.